The van der Waals surface area contributed by atoms with Crippen LogP contribution in [0, 0.1) is 17.8 Å². The summed E-state index contributed by atoms with van der Waals surface area (Å²) in [7, 11) is 2.00. The van der Waals surface area contributed by atoms with Gasteiger partial charge >= 0.3 is 0 Å². The lowest BCUT2D eigenvalue weighted by Crippen LogP contribution is -2.51. The van der Waals surface area contributed by atoms with Gasteiger partial charge in [-0.05, 0) is 58.5 Å². The number of rotatable bonds is 6. The molecule has 2 fully saturated rings. The van der Waals surface area contributed by atoms with E-state index >= 15 is 0 Å². The van der Waals surface area contributed by atoms with Crippen molar-refractivity contribution in [2.45, 2.75) is 38.4 Å². The fourth-order valence-electron chi connectivity index (χ4n) is 5.23. The molecule has 0 aromatic rings. The second-order valence-electron chi connectivity index (χ2n) is 9.28. The van der Waals surface area contributed by atoms with E-state index in [1.807, 2.05) is 24.9 Å². The summed E-state index contributed by atoms with van der Waals surface area (Å²) in [5.41, 5.74) is 1.05. The van der Waals surface area contributed by atoms with Gasteiger partial charge in [-0.1, -0.05) is 11.2 Å². The van der Waals surface area contributed by atoms with E-state index in [1.165, 1.54) is 12.2 Å². The molecule has 4 aliphatic rings. The second kappa shape index (κ2) is 9.79. The molecule has 1 aliphatic carbocycles. The number of hydrogen-bond donors (Lipinski definition) is 1. The van der Waals surface area contributed by atoms with Crippen LogP contribution in [0.15, 0.2) is 29.2 Å². The highest BCUT2D eigenvalue weighted by atomic mass is 19.1. The van der Waals surface area contributed by atoms with Crippen molar-refractivity contribution < 1.29 is 19.1 Å². The van der Waals surface area contributed by atoms with E-state index in [0.29, 0.717) is 32.0 Å². The maximum absolute atomic E-state index is 13.4. The SMILES string of the molecule is CCN(CCN1CCC(C2=NOC3C=C(F)C=CC23)CC1)C(=O)C1CN(C)CCC1O. The number of amides is 1. The largest absolute Gasteiger partial charge is 0.392 e. The van der Waals surface area contributed by atoms with E-state index in [4.69, 9.17) is 4.84 Å². The fraction of sp³-hybridized carbons (Fsp3) is 0.739. The third-order valence-electron chi connectivity index (χ3n) is 7.24. The topological polar surface area (TPSA) is 68.6 Å². The summed E-state index contributed by atoms with van der Waals surface area (Å²) in [5, 5.41) is 14.6. The lowest BCUT2D eigenvalue weighted by atomic mass is 9.81. The summed E-state index contributed by atoms with van der Waals surface area (Å²) in [6.45, 7) is 7.57. The van der Waals surface area contributed by atoms with Gasteiger partial charge in [0.05, 0.1) is 23.7 Å². The molecule has 0 saturated carbocycles. The minimum Gasteiger partial charge on any atom is -0.392 e. The first kappa shape index (κ1) is 22.4. The molecule has 7 nitrogen and oxygen atoms in total. The number of halogens is 1. The lowest BCUT2D eigenvalue weighted by molar-refractivity contribution is -0.142. The Labute approximate surface area is 184 Å². The zero-order chi connectivity index (χ0) is 22.0. The van der Waals surface area contributed by atoms with E-state index in [1.54, 1.807) is 0 Å². The van der Waals surface area contributed by atoms with Crippen LogP contribution in [0.2, 0.25) is 0 Å². The van der Waals surface area contributed by atoms with Crippen molar-refractivity contribution in [3.63, 3.8) is 0 Å². The average Bonchev–Trinajstić information content (AvgIpc) is 3.19. The number of aliphatic hydroxyl groups is 1. The predicted molar refractivity (Wildman–Crippen MR) is 117 cm³/mol. The molecule has 0 spiro atoms. The van der Waals surface area contributed by atoms with E-state index in [0.717, 1.165) is 44.7 Å². The monoisotopic (exact) mass is 434 g/mol. The number of allylic oxidation sites excluding steroid dienone is 2. The lowest BCUT2D eigenvalue weighted by Gasteiger charge is -2.37. The molecule has 3 heterocycles. The third-order valence-corrected chi connectivity index (χ3v) is 7.24. The van der Waals surface area contributed by atoms with Crippen LogP contribution in [0.5, 0.6) is 0 Å². The van der Waals surface area contributed by atoms with Crippen LogP contribution in [-0.2, 0) is 9.63 Å². The first-order valence-corrected chi connectivity index (χ1v) is 11.6. The molecule has 172 valence electrons. The third kappa shape index (κ3) is 5.02. The summed E-state index contributed by atoms with van der Waals surface area (Å²) in [5.74, 6) is -0.0777. The second-order valence-corrected chi connectivity index (χ2v) is 9.28. The fourth-order valence-corrected chi connectivity index (χ4v) is 5.23. The van der Waals surface area contributed by atoms with Gasteiger partial charge in [-0.15, -0.1) is 0 Å². The quantitative estimate of drug-likeness (QED) is 0.689. The maximum Gasteiger partial charge on any atom is 0.229 e. The number of piperidine rings is 2. The number of carbonyl (C=O) groups excluding carboxylic acids is 1. The molecule has 31 heavy (non-hydrogen) atoms. The van der Waals surface area contributed by atoms with Crippen molar-refractivity contribution in [3.8, 4) is 0 Å². The minimum atomic E-state index is -0.538. The standard InChI is InChI=1S/C23H35FN4O3/c1-3-28(23(30)19-15-26(2)9-8-20(19)29)13-12-27-10-6-16(7-11-27)22-18-5-4-17(24)14-21(18)31-25-22/h4-5,14,16,18-21,29H,3,6-13,15H2,1-2H3. The molecular formula is C23H35FN4O3. The molecule has 0 aromatic carbocycles. The molecule has 4 rings (SSSR count). The van der Waals surface area contributed by atoms with Crippen LogP contribution in [-0.4, -0.2) is 96.5 Å². The van der Waals surface area contributed by atoms with Gasteiger partial charge in [-0.25, -0.2) is 4.39 Å². The average molecular weight is 435 g/mol. The Kier molecular flexibility index (Phi) is 7.08. The molecule has 4 atom stereocenters. The highest BCUT2D eigenvalue weighted by molar-refractivity contribution is 5.92. The van der Waals surface area contributed by atoms with Gasteiger partial charge in [0.25, 0.3) is 0 Å². The van der Waals surface area contributed by atoms with Crippen molar-refractivity contribution in [3.05, 3.63) is 24.1 Å². The number of oxime groups is 1. The van der Waals surface area contributed by atoms with Crippen LogP contribution in [0.25, 0.3) is 0 Å². The Balaban J connectivity index is 1.24. The smallest absolute Gasteiger partial charge is 0.229 e. The van der Waals surface area contributed by atoms with E-state index in [2.05, 4.69) is 15.0 Å². The highest BCUT2D eigenvalue weighted by Crippen LogP contribution is 2.33. The zero-order valence-corrected chi connectivity index (χ0v) is 18.6. The summed E-state index contributed by atoms with van der Waals surface area (Å²) in [4.78, 5) is 24.9. The molecule has 2 saturated heterocycles. The van der Waals surface area contributed by atoms with Crippen molar-refractivity contribution in [2.75, 3.05) is 52.9 Å². The molecule has 0 bridgehead atoms. The van der Waals surface area contributed by atoms with Crippen LogP contribution in [0.1, 0.15) is 26.2 Å². The summed E-state index contributed by atoms with van der Waals surface area (Å²) >= 11 is 0. The van der Waals surface area contributed by atoms with Gasteiger partial charge in [-0.2, -0.15) is 0 Å². The van der Waals surface area contributed by atoms with Crippen molar-refractivity contribution in [1.82, 2.24) is 14.7 Å². The Bertz CT molecular complexity index is 747. The molecule has 3 aliphatic heterocycles. The maximum atomic E-state index is 13.4. The number of nitrogens with zero attached hydrogens (tertiary/aromatic N) is 4. The Morgan fingerprint density at radius 2 is 2.10 bits per heavy atom. The molecular weight excluding hydrogens is 399 g/mol. The zero-order valence-electron chi connectivity index (χ0n) is 18.6. The minimum absolute atomic E-state index is 0.0595. The Morgan fingerprint density at radius 1 is 1.32 bits per heavy atom. The van der Waals surface area contributed by atoms with Crippen molar-refractivity contribution in [1.29, 1.82) is 0 Å². The molecule has 0 radical (unpaired) electrons. The van der Waals surface area contributed by atoms with Gasteiger partial charge in [0, 0.05) is 38.6 Å². The van der Waals surface area contributed by atoms with Gasteiger partial charge in [-0.3, -0.25) is 4.79 Å². The van der Waals surface area contributed by atoms with E-state index in [9.17, 15) is 14.3 Å². The first-order chi connectivity index (χ1) is 15.0. The number of likely N-dealkylation sites (tertiary alicyclic amines) is 2. The summed E-state index contributed by atoms with van der Waals surface area (Å²) < 4.78 is 13.4. The van der Waals surface area contributed by atoms with Crippen LogP contribution in [0.4, 0.5) is 4.39 Å². The summed E-state index contributed by atoms with van der Waals surface area (Å²) in [6, 6.07) is 0. The summed E-state index contributed by atoms with van der Waals surface area (Å²) in [6.07, 6.45) is 6.71. The number of likely N-dealkylation sites (N-methyl/N-ethyl adjacent to an activating group) is 1. The van der Waals surface area contributed by atoms with E-state index in [-0.39, 0.29) is 29.7 Å². The Hall–Kier alpha value is -1.77. The normalized spacial score (nSPS) is 32.3. The van der Waals surface area contributed by atoms with Crippen LogP contribution in [0.3, 0.4) is 0 Å². The predicted octanol–water partition coefficient (Wildman–Crippen LogP) is 1.65. The Morgan fingerprint density at radius 3 is 2.84 bits per heavy atom. The van der Waals surface area contributed by atoms with E-state index < -0.39 is 6.10 Å². The van der Waals surface area contributed by atoms with Crippen LogP contribution < -0.4 is 0 Å². The number of fused-ring (bicyclic) bond motifs is 1. The van der Waals surface area contributed by atoms with Gasteiger partial charge in [0.1, 0.15) is 5.83 Å². The first-order valence-electron chi connectivity index (χ1n) is 11.6. The number of carbonyl (C=O) groups is 1. The molecule has 4 unspecified atom stereocenters. The molecule has 1 amide bonds. The number of aliphatic hydroxyl groups excluding tert-OH is 1. The number of hydrogen-bond acceptors (Lipinski definition) is 6. The van der Waals surface area contributed by atoms with Gasteiger partial charge in [0.15, 0.2) is 6.10 Å². The van der Waals surface area contributed by atoms with Gasteiger partial charge in [0.2, 0.25) is 5.91 Å². The van der Waals surface area contributed by atoms with Crippen molar-refractivity contribution in [2.24, 2.45) is 22.9 Å². The molecule has 8 heteroatoms. The van der Waals surface area contributed by atoms with Gasteiger partial charge < -0.3 is 24.6 Å². The molecule has 0 aromatic heterocycles. The van der Waals surface area contributed by atoms with Crippen molar-refractivity contribution >= 4 is 11.6 Å². The molecule has 1 N–H and O–H groups in total. The highest BCUT2D eigenvalue weighted by Gasteiger charge is 2.38. The van der Waals surface area contributed by atoms with Crippen LogP contribution >= 0.6 is 0 Å².